The van der Waals surface area contributed by atoms with Gasteiger partial charge in [-0.3, -0.25) is 0 Å². The molecule has 0 bridgehead atoms. The fourth-order valence-corrected chi connectivity index (χ4v) is 2.69. The lowest BCUT2D eigenvalue weighted by Gasteiger charge is -2.33. The summed E-state index contributed by atoms with van der Waals surface area (Å²) in [5, 5.41) is 8.59. The number of anilines is 1. The zero-order valence-corrected chi connectivity index (χ0v) is 11.8. The Morgan fingerprint density at radius 1 is 1.35 bits per heavy atom. The summed E-state index contributed by atoms with van der Waals surface area (Å²) < 4.78 is 0. The van der Waals surface area contributed by atoms with Gasteiger partial charge in [0, 0.05) is 36.6 Å². The van der Waals surface area contributed by atoms with Gasteiger partial charge in [0.1, 0.15) is 0 Å². The van der Waals surface area contributed by atoms with Crippen molar-refractivity contribution in [2.45, 2.75) is 45.1 Å². The molecule has 1 aliphatic carbocycles. The molecule has 0 amide bonds. The van der Waals surface area contributed by atoms with Crippen LogP contribution in [0.1, 0.15) is 44.6 Å². The summed E-state index contributed by atoms with van der Waals surface area (Å²) in [5.41, 5.74) is 0.704. The molecule has 1 heterocycles. The first-order chi connectivity index (χ1) is 9.70. The van der Waals surface area contributed by atoms with Crippen LogP contribution in [-0.2, 0) is 4.79 Å². The van der Waals surface area contributed by atoms with Gasteiger partial charge < -0.3 is 10.0 Å². The quantitative estimate of drug-likeness (QED) is 0.837. The molecule has 1 saturated carbocycles. The number of nitrogens with zero attached hydrogens (tertiary/aromatic N) is 3. The Balaban J connectivity index is 2.08. The predicted molar refractivity (Wildman–Crippen MR) is 78.6 cm³/mol. The highest BCUT2D eigenvalue weighted by Gasteiger charge is 2.21. The van der Waals surface area contributed by atoms with E-state index in [0.29, 0.717) is 11.6 Å². The van der Waals surface area contributed by atoms with Gasteiger partial charge in [-0.15, -0.1) is 0 Å². The first-order valence-electron chi connectivity index (χ1n) is 7.20. The van der Waals surface area contributed by atoms with Crippen molar-refractivity contribution in [3.05, 3.63) is 24.0 Å². The number of hydrogen-bond donors (Lipinski definition) is 1. The molecule has 0 unspecified atom stereocenters. The highest BCUT2D eigenvalue weighted by atomic mass is 16.4. The number of carboxylic acid groups (broad SMARTS) is 1. The zero-order chi connectivity index (χ0) is 14.4. The van der Waals surface area contributed by atoms with Crippen LogP contribution >= 0.6 is 0 Å². The summed E-state index contributed by atoms with van der Waals surface area (Å²) in [6, 6.07) is 0.536. The molecule has 1 aromatic heterocycles. The molecule has 0 aromatic carbocycles. The minimum Gasteiger partial charge on any atom is -0.478 e. The lowest BCUT2D eigenvalue weighted by molar-refractivity contribution is -0.131. The number of carbonyl (C=O) groups is 1. The van der Waals surface area contributed by atoms with E-state index in [9.17, 15) is 4.79 Å². The first-order valence-corrected chi connectivity index (χ1v) is 7.20. The number of carboxylic acids is 1. The molecule has 2 rings (SSSR count). The Hall–Kier alpha value is -1.91. The number of rotatable bonds is 5. The maximum Gasteiger partial charge on any atom is 0.328 e. The minimum atomic E-state index is -0.966. The molecule has 108 valence electrons. The zero-order valence-electron chi connectivity index (χ0n) is 11.8. The molecule has 1 aromatic rings. The second-order valence-corrected chi connectivity index (χ2v) is 5.07. The van der Waals surface area contributed by atoms with E-state index in [4.69, 9.17) is 5.11 Å². The van der Waals surface area contributed by atoms with Gasteiger partial charge in [0.05, 0.1) is 0 Å². The van der Waals surface area contributed by atoms with Gasteiger partial charge in [0.15, 0.2) is 0 Å². The third-order valence-corrected chi connectivity index (χ3v) is 3.69. The van der Waals surface area contributed by atoms with Crippen molar-refractivity contribution in [2.24, 2.45) is 0 Å². The monoisotopic (exact) mass is 275 g/mol. The molecule has 5 nitrogen and oxygen atoms in total. The smallest absolute Gasteiger partial charge is 0.328 e. The molecule has 0 aliphatic heterocycles. The Bertz CT molecular complexity index is 465. The van der Waals surface area contributed by atoms with E-state index in [1.165, 1.54) is 38.2 Å². The molecule has 1 N–H and O–H groups in total. The molecule has 1 fully saturated rings. The first kappa shape index (κ1) is 14.5. The van der Waals surface area contributed by atoms with Crippen LogP contribution in [0.15, 0.2) is 18.5 Å². The highest BCUT2D eigenvalue weighted by molar-refractivity contribution is 5.85. The van der Waals surface area contributed by atoms with Crippen molar-refractivity contribution < 1.29 is 9.90 Å². The van der Waals surface area contributed by atoms with E-state index >= 15 is 0 Å². The van der Waals surface area contributed by atoms with Crippen molar-refractivity contribution in [2.75, 3.05) is 11.4 Å². The van der Waals surface area contributed by atoms with E-state index in [0.717, 1.165) is 18.6 Å². The molecule has 20 heavy (non-hydrogen) atoms. The fraction of sp³-hybridized carbons (Fsp3) is 0.533. The van der Waals surface area contributed by atoms with Gasteiger partial charge in [-0.1, -0.05) is 19.3 Å². The largest absolute Gasteiger partial charge is 0.478 e. The second kappa shape index (κ2) is 7.03. The summed E-state index contributed by atoms with van der Waals surface area (Å²) in [7, 11) is 0. The SMILES string of the molecule is CCN(c1ncc(/C=C/C(=O)O)cn1)C1CCCCC1. The number of aliphatic carboxylic acids is 1. The van der Waals surface area contributed by atoms with E-state index in [1.54, 1.807) is 12.4 Å². The van der Waals surface area contributed by atoms with Crippen LogP contribution in [-0.4, -0.2) is 33.6 Å². The van der Waals surface area contributed by atoms with E-state index in [1.807, 2.05) is 0 Å². The normalized spacial score (nSPS) is 16.4. The molecule has 0 saturated heterocycles. The fourth-order valence-electron chi connectivity index (χ4n) is 2.69. The topological polar surface area (TPSA) is 66.3 Å². The standard InChI is InChI=1S/C15H21N3O2/c1-2-18(13-6-4-3-5-7-13)15-16-10-12(11-17-15)8-9-14(19)20/h8-11,13H,2-7H2,1H3,(H,19,20)/b9-8+. The van der Waals surface area contributed by atoms with Crippen LogP contribution in [0.5, 0.6) is 0 Å². The lowest BCUT2D eigenvalue weighted by Crippen LogP contribution is -2.37. The maximum atomic E-state index is 10.5. The lowest BCUT2D eigenvalue weighted by atomic mass is 9.94. The van der Waals surface area contributed by atoms with Crippen molar-refractivity contribution in [1.82, 2.24) is 9.97 Å². The van der Waals surface area contributed by atoms with Crippen molar-refractivity contribution in [3.63, 3.8) is 0 Å². The van der Waals surface area contributed by atoms with Crippen LogP contribution in [0.25, 0.3) is 6.08 Å². The summed E-state index contributed by atoms with van der Waals surface area (Å²) in [6.45, 7) is 3.02. The van der Waals surface area contributed by atoms with Crippen molar-refractivity contribution >= 4 is 18.0 Å². The van der Waals surface area contributed by atoms with Gasteiger partial charge in [-0.05, 0) is 25.8 Å². The summed E-state index contributed by atoms with van der Waals surface area (Å²) in [5.74, 6) is -0.224. The third-order valence-electron chi connectivity index (χ3n) is 3.69. The molecule has 0 radical (unpaired) electrons. The Labute approximate surface area is 119 Å². The van der Waals surface area contributed by atoms with Crippen LogP contribution in [0.4, 0.5) is 5.95 Å². The van der Waals surface area contributed by atoms with Crippen LogP contribution in [0.3, 0.4) is 0 Å². The Kier molecular flexibility index (Phi) is 5.09. The van der Waals surface area contributed by atoms with Crippen molar-refractivity contribution in [3.8, 4) is 0 Å². The van der Waals surface area contributed by atoms with Gasteiger partial charge in [-0.25, -0.2) is 14.8 Å². The summed E-state index contributed by atoms with van der Waals surface area (Å²) in [4.78, 5) is 21.5. The van der Waals surface area contributed by atoms with Gasteiger partial charge >= 0.3 is 5.97 Å². The van der Waals surface area contributed by atoms with E-state index in [2.05, 4.69) is 21.8 Å². The third kappa shape index (κ3) is 3.79. The molecule has 0 atom stereocenters. The summed E-state index contributed by atoms with van der Waals surface area (Å²) >= 11 is 0. The molecular weight excluding hydrogens is 254 g/mol. The Morgan fingerprint density at radius 2 is 2.00 bits per heavy atom. The maximum absolute atomic E-state index is 10.5. The van der Waals surface area contributed by atoms with E-state index in [-0.39, 0.29) is 0 Å². The van der Waals surface area contributed by atoms with Gasteiger partial charge in [0.2, 0.25) is 5.95 Å². The van der Waals surface area contributed by atoms with Crippen LogP contribution in [0, 0.1) is 0 Å². The molecule has 0 spiro atoms. The van der Waals surface area contributed by atoms with Gasteiger partial charge in [-0.2, -0.15) is 0 Å². The highest BCUT2D eigenvalue weighted by Crippen LogP contribution is 2.25. The Morgan fingerprint density at radius 3 is 2.55 bits per heavy atom. The minimum absolute atomic E-state index is 0.536. The van der Waals surface area contributed by atoms with E-state index < -0.39 is 5.97 Å². The molecule has 5 heteroatoms. The average Bonchev–Trinajstić information content (AvgIpc) is 2.48. The average molecular weight is 275 g/mol. The predicted octanol–water partition coefficient (Wildman–Crippen LogP) is 2.73. The summed E-state index contributed by atoms with van der Waals surface area (Å²) in [6.07, 6.45) is 12.2. The van der Waals surface area contributed by atoms with Crippen LogP contribution in [0.2, 0.25) is 0 Å². The van der Waals surface area contributed by atoms with Crippen LogP contribution < -0.4 is 4.90 Å². The molecular formula is C15H21N3O2. The van der Waals surface area contributed by atoms with Gasteiger partial charge in [0.25, 0.3) is 0 Å². The van der Waals surface area contributed by atoms with Crippen molar-refractivity contribution in [1.29, 1.82) is 0 Å². The molecule has 1 aliphatic rings. The second-order valence-electron chi connectivity index (χ2n) is 5.07. The number of aromatic nitrogens is 2. The number of hydrogen-bond acceptors (Lipinski definition) is 4.